The van der Waals surface area contributed by atoms with Crippen molar-refractivity contribution >= 4 is 50.6 Å². The first kappa shape index (κ1) is 20.3. The van der Waals surface area contributed by atoms with E-state index in [2.05, 4.69) is 27.8 Å². The van der Waals surface area contributed by atoms with Crippen LogP contribution in [0.25, 0.3) is 11.3 Å². The fourth-order valence-corrected chi connectivity index (χ4v) is 5.85. The van der Waals surface area contributed by atoms with Gasteiger partial charge in [-0.05, 0) is 51.3 Å². The molecule has 4 rings (SSSR count). The lowest BCUT2D eigenvalue weighted by Crippen LogP contribution is -2.60. The van der Waals surface area contributed by atoms with Crippen LogP contribution >= 0.6 is 39.0 Å². The Morgan fingerprint density at radius 2 is 2.14 bits per heavy atom. The number of benzene rings is 1. The minimum Gasteiger partial charge on any atom is -0.291 e. The molecule has 9 heteroatoms. The molecule has 1 amide bonds. The maximum Gasteiger partial charge on any atom is 0.325 e. The number of carbonyl (C=O) groups is 1. The van der Waals surface area contributed by atoms with Crippen LogP contribution in [0.4, 0.5) is 5.69 Å². The second-order valence-electron chi connectivity index (χ2n) is 6.68. The molecule has 1 aliphatic rings. The third-order valence-electron chi connectivity index (χ3n) is 4.68. The van der Waals surface area contributed by atoms with E-state index in [1.807, 2.05) is 36.4 Å². The maximum absolute atomic E-state index is 13.1. The Bertz CT molecular complexity index is 1130. The van der Waals surface area contributed by atoms with Gasteiger partial charge in [0.15, 0.2) is 0 Å². The topological polar surface area (TPSA) is 69.9 Å². The molecule has 2 aromatic heterocycles. The molecule has 0 unspecified atom stereocenters. The second-order valence-corrected chi connectivity index (χ2v) is 10.3. The van der Waals surface area contributed by atoms with E-state index in [9.17, 15) is 9.59 Å². The van der Waals surface area contributed by atoms with Crippen LogP contribution in [0.1, 0.15) is 37.7 Å². The molecule has 0 saturated heterocycles. The van der Waals surface area contributed by atoms with Crippen LogP contribution in [0, 0.1) is 0 Å². The average molecular weight is 492 g/mol. The predicted octanol–water partition coefficient (Wildman–Crippen LogP) is 4.35. The zero-order valence-corrected chi connectivity index (χ0v) is 19.2. The highest BCUT2D eigenvalue weighted by Crippen LogP contribution is 2.39. The van der Waals surface area contributed by atoms with Crippen LogP contribution < -0.4 is 15.1 Å². The van der Waals surface area contributed by atoms with E-state index >= 15 is 0 Å². The number of carbonyl (C=O) groups excluding carboxylic acids is 1. The number of amides is 1. The van der Waals surface area contributed by atoms with Crippen molar-refractivity contribution in [2.75, 3.05) is 10.7 Å². The van der Waals surface area contributed by atoms with Crippen LogP contribution in [0.5, 0.6) is 0 Å². The third kappa shape index (κ3) is 3.78. The Kier molecular flexibility index (Phi) is 5.89. The molecule has 0 spiro atoms. The summed E-state index contributed by atoms with van der Waals surface area (Å²) in [6, 6.07) is 11.4. The van der Waals surface area contributed by atoms with Crippen molar-refractivity contribution in [2.24, 2.45) is 0 Å². The first-order chi connectivity index (χ1) is 14.0. The SMILES string of the molecule is CCCCSc1n[n+]2c(c(=O)[nH]1)-c1ccccc1N(C(C)=O)[C@H]2c1ccc(Br)s1. The van der Waals surface area contributed by atoms with E-state index in [4.69, 9.17) is 5.10 Å². The fraction of sp³-hybridized carbons (Fsp3) is 0.300. The number of para-hydroxylation sites is 1. The van der Waals surface area contributed by atoms with Gasteiger partial charge in [0, 0.05) is 17.8 Å². The van der Waals surface area contributed by atoms with Crippen molar-refractivity contribution in [3.05, 3.63) is 55.4 Å². The first-order valence-corrected chi connectivity index (χ1v) is 11.9. The van der Waals surface area contributed by atoms with Crippen LogP contribution in [0.15, 0.2) is 50.1 Å². The quantitative estimate of drug-likeness (QED) is 0.327. The van der Waals surface area contributed by atoms with Gasteiger partial charge in [0.1, 0.15) is 0 Å². The van der Waals surface area contributed by atoms with Gasteiger partial charge in [0.25, 0.3) is 0 Å². The molecule has 0 radical (unpaired) electrons. The van der Waals surface area contributed by atoms with Crippen LogP contribution in [0.3, 0.4) is 0 Å². The smallest absolute Gasteiger partial charge is 0.291 e. The van der Waals surface area contributed by atoms with Gasteiger partial charge in [-0.15, -0.1) is 11.3 Å². The molecule has 1 aromatic carbocycles. The summed E-state index contributed by atoms with van der Waals surface area (Å²) in [5.74, 6) is 0.772. The summed E-state index contributed by atoms with van der Waals surface area (Å²) in [5.41, 5.74) is 1.68. The molecule has 3 heterocycles. The molecular weight excluding hydrogens is 472 g/mol. The van der Waals surface area contributed by atoms with E-state index in [1.165, 1.54) is 23.1 Å². The second kappa shape index (κ2) is 8.41. The number of hydrogen-bond donors (Lipinski definition) is 1. The van der Waals surface area contributed by atoms with Gasteiger partial charge in [-0.3, -0.25) is 14.6 Å². The van der Waals surface area contributed by atoms with Gasteiger partial charge in [-0.25, -0.2) is 4.90 Å². The predicted molar refractivity (Wildman–Crippen MR) is 119 cm³/mol. The minimum atomic E-state index is -0.512. The van der Waals surface area contributed by atoms with Gasteiger partial charge in [-0.1, -0.05) is 37.2 Å². The van der Waals surface area contributed by atoms with Crippen molar-refractivity contribution in [1.82, 2.24) is 10.1 Å². The summed E-state index contributed by atoms with van der Waals surface area (Å²) in [6.45, 7) is 3.67. The first-order valence-electron chi connectivity index (χ1n) is 9.34. The lowest BCUT2D eigenvalue weighted by molar-refractivity contribution is -0.762. The lowest BCUT2D eigenvalue weighted by atomic mass is 10.0. The largest absolute Gasteiger partial charge is 0.325 e. The number of nitrogens with zero attached hydrogens (tertiary/aromatic N) is 3. The molecule has 1 atom stereocenters. The number of fused-ring (bicyclic) bond motifs is 3. The van der Waals surface area contributed by atoms with Crippen molar-refractivity contribution in [3.8, 4) is 11.3 Å². The van der Waals surface area contributed by atoms with Crippen molar-refractivity contribution in [3.63, 3.8) is 0 Å². The molecule has 0 bridgehead atoms. The molecule has 0 fully saturated rings. The van der Waals surface area contributed by atoms with E-state index in [0.29, 0.717) is 22.1 Å². The summed E-state index contributed by atoms with van der Waals surface area (Å²) >= 11 is 6.57. The number of anilines is 1. The Labute approximate surface area is 185 Å². The number of thioether (sulfide) groups is 1. The van der Waals surface area contributed by atoms with Crippen molar-refractivity contribution < 1.29 is 9.48 Å². The molecular formula is C20H20BrN4O2S2+. The molecule has 29 heavy (non-hydrogen) atoms. The Morgan fingerprint density at radius 1 is 1.34 bits per heavy atom. The summed E-state index contributed by atoms with van der Waals surface area (Å²) in [7, 11) is 0. The van der Waals surface area contributed by atoms with Gasteiger partial charge in [0.2, 0.25) is 11.1 Å². The summed E-state index contributed by atoms with van der Waals surface area (Å²) in [5, 5.41) is 5.33. The number of H-pyrrole nitrogens is 1. The van der Waals surface area contributed by atoms with Crippen LogP contribution in [-0.4, -0.2) is 21.7 Å². The number of aromatic nitrogens is 3. The Morgan fingerprint density at radius 3 is 2.83 bits per heavy atom. The lowest BCUT2D eigenvalue weighted by Gasteiger charge is -2.30. The Hall–Kier alpha value is -1.97. The highest BCUT2D eigenvalue weighted by molar-refractivity contribution is 9.11. The maximum atomic E-state index is 13.1. The molecule has 3 aromatic rings. The summed E-state index contributed by atoms with van der Waals surface area (Å²) in [4.78, 5) is 31.4. The number of thiophene rings is 1. The van der Waals surface area contributed by atoms with E-state index in [-0.39, 0.29) is 11.5 Å². The van der Waals surface area contributed by atoms with Gasteiger partial charge < -0.3 is 0 Å². The minimum absolute atomic E-state index is 0.104. The number of aromatic amines is 1. The molecule has 0 saturated carbocycles. The monoisotopic (exact) mass is 491 g/mol. The zero-order chi connectivity index (χ0) is 20.5. The van der Waals surface area contributed by atoms with Gasteiger partial charge in [-0.2, -0.15) is 0 Å². The average Bonchev–Trinajstić information content (AvgIpc) is 3.12. The zero-order valence-electron chi connectivity index (χ0n) is 16.0. The highest BCUT2D eigenvalue weighted by atomic mass is 79.9. The van der Waals surface area contributed by atoms with Crippen molar-refractivity contribution in [2.45, 2.75) is 38.0 Å². The molecule has 0 aliphatic carbocycles. The van der Waals surface area contributed by atoms with Gasteiger partial charge >= 0.3 is 17.4 Å². The number of rotatable bonds is 5. The van der Waals surface area contributed by atoms with Gasteiger partial charge in [0.05, 0.1) is 19.9 Å². The highest BCUT2D eigenvalue weighted by Gasteiger charge is 2.45. The van der Waals surface area contributed by atoms with E-state index < -0.39 is 6.17 Å². The van der Waals surface area contributed by atoms with Crippen LogP contribution in [0.2, 0.25) is 0 Å². The van der Waals surface area contributed by atoms with E-state index in [1.54, 1.807) is 16.5 Å². The summed E-state index contributed by atoms with van der Waals surface area (Å²) in [6.07, 6.45) is 1.61. The molecule has 1 N–H and O–H groups in total. The molecule has 6 nitrogen and oxygen atoms in total. The number of unbranched alkanes of at least 4 members (excludes halogenated alkanes) is 1. The Balaban J connectivity index is 1.96. The summed E-state index contributed by atoms with van der Waals surface area (Å²) < 4.78 is 2.66. The van der Waals surface area contributed by atoms with E-state index in [0.717, 1.165) is 27.3 Å². The fourth-order valence-electron chi connectivity index (χ4n) is 3.42. The van der Waals surface area contributed by atoms with Crippen molar-refractivity contribution in [1.29, 1.82) is 0 Å². The molecule has 150 valence electrons. The number of halogens is 1. The number of hydrogen-bond acceptors (Lipinski definition) is 5. The number of nitrogens with one attached hydrogen (secondary N) is 1. The normalized spacial score (nSPS) is 15.1. The third-order valence-corrected chi connectivity index (χ3v) is 7.30. The molecule has 1 aliphatic heterocycles. The van der Waals surface area contributed by atoms with Crippen LogP contribution in [-0.2, 0) is 4.79 Å². The standard InChI is InChI=1S/C20H19BrN4O2S2/c1-3-4-11-28-20-22-18(27)17-13-7-5-6-8-14(13)24(12(2)26)19(25(17)23-20)15-9-10-16(21)29-15/h5-10,19H,3-4,11H2,1-2H3/p+1/t19-/m1/s1.